The van der Waals surface area contributed by atoms with Crippen LogP contribution >= 0.6 is 0 Å². The van der Waals surface area contributed by atoms with Crippen LogP contribution in [0.4, 0.5) is 13.2 Å². The summed E-state index contributed by atoms with van der Waals surface area (Å²) in [6.07, 6.45) is -4.50. The predicted molar refractivity (Wildman–Crippen MR) is 112 cm³/mol. The fourth-order valence-corrected chi connectivity index (χ4v) is 4.52. The fourth-order valence-electron chi connectivity index (χ4n) is 4.52. The van der Waals surface area contributed by atoms with Crippen LogP contribution in [0.25, 0.3) is 0 Å². The monoisotopic (exact) mass is 446 g/mol. The van der Waals surface area contributed by atoms with Crippen LogP contribution in [0.3, 0.4) is 0 Å². The molecule has 0 saturated carbocycles. The number of amides is 2. The standard InChI is InChI=1S/C24H25F3N2O3/c1-4-14-11-17(23(31)29-21(14)24(25,26)27)22(30)28-20-15-7-5-12(2)9-18(15)32-19-10-13(3)6-8-16(19)20/h5-10,14,17,20-21H,4,11H2,1-3H3,(H,28,30)(H,29,31). The average molecular weight is 446 g/mol. The summed E-state index contributed by atoms with van der Waals surface area (Å²) in [4.78, 5) is 25.6. The number of alkyl halides is 3. The van der Waals surface area contributed by atoms with Crippen molar-refractivity contribution in [1.82, 2.24) is 10.6 Å². The summed E-state index contributed by atoms with van der Waals surface area (Å²) < 4.78 is 46.0. The first-order valence-electron chi connectivity index (χ1n) is 10.6. The van der Waals surface area contributed by atoms with E-state index in [2.05, 4.69) is 5.32 Å². The molecule has 1 fully saturated rings. The van der Waals surface area contributed by atoms with E-state index < -0.39 is 41.9 Å². The molecule has 2 N–H and O–H groups in total. The van der Waals surface area contributed by atoms with Crippen molar-refractivity contribution in [3.05, 3.63) is 58.7 Å². The van der Waals surface area contributed by atoms with Crippen molar-refractivity contribution in [3.63, 3.8) is 0 Å². The highest BCUT2D eigenvalue weighted by molar-refractivity contribution is 6.01. The van der Waals surface area contributed by atoms with E-state index in [4.69, 9.17) is 4.74 Å². The second-order valence-electron chi connectivity index (χ2n) is 8.61. The molecular formula is C24H25F3N2O3. The van der Waals surface area contributed by atoms with Crippen LogP contribution in [0.1, 0.15) is 48.1 Å². The smallest absolute Gasteiger partial charge is 0.408 e. The molecule has 0 radical (unpaired) electrons. The summed E-state index contributed by atoms with van der Waals surface area (Å²) in [7, 11) is 0. The Labute approximate surface area is 184 Å². The van der Waals surface area contributed by atoms with Gasteiger partial charge in [-0.15, -0.1) is 0 Å². The van der Waals surface area contributed by atoms with Gasteiger partial charge in [-0.3, -0.25) is 9.59 Å². The van der Waals surface area contributed by atoms with E-state index >= 15 is 0 Å². The fraction of sp³-hybridized carbons (Fsp3) is 0.417. The van der Waals surface area contributed by atoms with Crippen LogP contribution in [0.2, 0.25) is 0 Å². The molecule has 1 saturated heterocycles. The van der Waals surface area contributed by atoms with Crippen LogP contribution in [-0.4, -0.2) is 24.0 Å². The lowest BCUT2D eigenvalue weighted by molar-refractivity contribution is -0.182. The quantitative estimate of drug-likeness (QED) is 0.672. The SMILES string of the molecule is CCC1CC(C(=O)NC2c3ccc(C)cc3Oc3cc(C)ccc32)C(=O)NC1C(F)(F)F. The molecular weight excluding hydrogens is 421 g/mol. The number of rotatable bonds is 3. The van der Waals surface area contributed by atoms with Crippen LogP contribution in [0, 0.1) is 25.7 Å². The van der Waals surface area contributed by atoms with E-state index in [-0.39, 0.29) is 12.8 Å². The van der Waals surface area contributed by atoms with Crippen LogP contribution in [0.5, 0.6) is 11.5 Å². The Morgan fingerprint density at radius 3 is 2.16 bits per heavy atom. The number of ether oxygens (including phenoxy) is 1. The zero-order valence-corrected chi connectivity index (χ0v) is 18.0. The van der Waals surface area contributed by atoms with Gasteiger partial charge in [0.05, 0.1) is 6.04 Å². The zero-order valence-electron chi connectivity index (χ0n) is 18.0. The highest BCUT2D eigenvalue weighted by Gasteiger charge is 2.51. The summed E-state index contributed by atoms with van der Waals surface area (Å²) in [5.74, 6) is -2.33. The Morgan fingerprint density at radius 1 is 1.09 bits per heavy atom. The summed E-state index contributed by atoms with van der Waals surface area (Å²) in [6.45, 7) is 5.49. The molecule has 2 amide bonds. The van der Waals surface area contributed by atoms with Crippen molar-refractivity contribution in [3.8, 4) is 11.5 Å². The maximum atomic E-state index is 13.3. The molecule has 2 heterocycles. The molecule has 3 unspecified atom stereocenters. The van der Waals surface area contributed by atoms with Crippen LogP contribution in [0.15, 0.2) is 36.4 Å². The Kier molecular flexibility index (Phi) is 5.65. The maximum Gasteiger partial charge on any atom is 0.408 e. The summed E-state index contributed by atoms with van der Waals surface area (Å²) >= 11 is 0. The molecule has 0 aliphatic carbocycles. The molecule has 4 rings (SSSR count). The molecule has 2 aliphatic rings. The van der Waals surface area contributed by atoms with Crippen molar-refractivity contribution in [1.29, 1.82) is 0 Å². The third-order valence-electron chi connectivity index (χ3n) is 6.28. The number of carbonyl (C=O) groups is 2. The molecule has 3 atom stereocenters. The Balaban J connectivity index is 1.63. The number of piperidine rings is 1. The van der Waals surface area contributed by atoms with Gasteiger partial charge in [0.2, 0.25) is 11.8 Å². The zero-order chi connectivity index (χ0) is 23.2. The average Bonchev–Trinajstić information content (AvgIpc) is 2.72. The lowest BCUT2D eigenvalue weighted by Crippen LogP contribution is -2.58. The number of nitrogens with one attached hydrogen (secondary N) is 2. The van der Waals surface area contributed by atoms with Crippen LogP contribution in [-0.2, 0) is 9.59 Å². The maximum absolute atomic E-state index is 13.3. The minimum atomic E-state index is -4.55. The van der Waals surface area contributed by atoms with Crippen molar-refractivity contribution >= 4 is 11.8 Å². The molecule has 32 heavy (non-hydrogen) atoms. The molecule has 2 aromatic carbocycles. The van der Waals surface area contributed by atoms with Crippen molar-refractivity contribution in [2.45, 2.75) is 51.9 Å². The van der Waals surface area contributed by atoms with E-state index in [1.54, 1.807) is 6.92 Å². The second-order valence-corrected chi connectivity index (χ2v) is 8.61. The summed E-state index contributed by atoms with van der Waals surface area (Å²) in [5.41, 5.74) is 3.44. The number of hydrogen-bond donors (Lipinski definition) is 2. The number of hydrogen-bond acceptors (Lipinski definition) is 3. The van der Waals surface area contributed by atoms with Crippen LogP contribution < -0.4 is 15.4 Å². The molecule has 0 bridgehead atoms. The molecule has 170 valence electrons. The van der Waals surface area contributed by atoms with Gasteiger partial charge in [0.1, 0.15) is 23.5 Å². The predicted octanol–water partition coefficient (Wildman–Crippen LogP) is 4.71. The molecule has 5 nitrogen and oxygen atoms in total. The molecule has 0 spiro atoms. The van der Waals surface area contributed by atoms with Gasteiger partial charge in [0.25, 0.3) is 0 Å². The number of carbonyl (C=O) groups excluding carboxylic acids is 2. The number of halogens is 3. The first kappa shape index (κ1) is 22.2. The van der Waals surface area contributed by atoms with Gasteiger partial charge >= 0.3 is 6.18 Å². The number of fused-ring (bicyclic) bond motifs is 2. The van der Waals surface area contributed by atoms with Gasteiger partial charge in [0.15, 0.2) is 0 Å². The third-order valence-corrected chi connectivity index (χ3v) is 6.28. The molecule has 2 aromatic rings. The molecule has 2 aliphatic heterocycles. The lowest BCUT2D eigenvalue weighted by atomic mass is 9.81. The second kappa shape index (κ2) is 8.15. The van der Waals surface area contributed by atoms with Crippen molar-refractivity contribution in [2.24, 2.45) is 11.8 Å². The summed E-state index contributed by atoms with van der Waals surface area (Å²) in [6, 6.07) is 8.74. The minimum Gasteiger partial charge on any atom is -0.457 e. The van der Waals surface area contributed by atoms with E-state index in [1.165, 1.54) is 0 Å². The molecule has 0 aromatic heterocycles. The largest absolute Gasteiger partial charge is 0.457 e. The molecule has 8 heteroatoms. The highest BCUT2D eigenvalue weighted by Crippen LogP contribution is 2.44. The normalized spacial score (nSPS) is 22.9. The van der Waals surface area contributed by atoms with Crippen molar-refractivity contribution < 1.29 is 27.5 Å². The number of aryl methyl sites for hydroxylation is 2. The van der Waals surface area contributed by atoms with Gasteiger partial charge in [-0.05, 0) is 49.4 Å². The first-order valence-corrected chi connectivity index (χ1v) is 10.6. The Hall–Kier alpha value is -3.03. The van der Waals surface area contributed by atoms with Gasteiger partial charge in [-0.2, -0.15) is 13.2 Å². The van der Waals surface area contributed by atoms with Gasteiger partial charge in [-0.1, -0.05) is 37.6 Å². The minimum absolute atomic E-state index is 0.150. The van der Waals surface area contributed by atoms with E-state index in [0.717, 1.165) is 22.3 Å². The third kappa shape index (κ3) is 4.06. The lowest BCUT2D eigenvalue weighted by Gasteiger charge is -2.37. The highest BCUT2D eigenvalue weighted by atomic mass is 19.4. The Bertz CT molecular complexity index is 1020. The van der Waals surface area contributed by atoms with Gasteiger partial charge in [0, 0.05) is 11.1 Å². The van der Waals surface area contributed by atoms with E-state index in [9.17, 15) is 22.8 Å². The topological polar surface area (TPSA) is 67.4 Å². The number of benzene rings is 2. The van der Waals surface area contributed by atoms with Crippen molar-refractivity contribution in [2.75, 3.05) is 0 Å². The first-order chi connectivity index (χ1) is 15.1. The van der Waals surface area contributed by atoms with Gasteiger partial charge < -0.3 is 15.4 Å². The van der Waals surface area contributed by atoms with E-state index in [1.807, 2.05) is 55.6 Å². The van der Waals surface area contributed by atoms with E-state index in [0.29, 0.717) is 11.5 Å². The van der Waals surface area contributed by atoms with Gasteiger partial charge in [-0.25, -0.2) is 0 Å². The summed E-state index contributed by atoms with van der Waals surface area (Å²) in [5, 5.41) is 4.94. The Morgan fingerprint density at radius 2 is 1.66 bits per heavy atom.